The van der Waals surface area contributed by atoms with Gasteiger partial charge in [0.1, 0.15) is 5.69 Å². The summed E-state index contributed by atoms with van der Waals surface area (Å²) in [6, 6.07) is 4.15. The number of carbonyl (C=O) groups is 1. The number of rotatable bonds is 3. The van der Waals surface area contributed by atoms with Crippen molar-refractivity contribution in [2.24, 2.45) is 5.92 Å². The van der Waals surface area contributed by atoms with E-state index in [0.717, 1.165) is 31.5 Å². The average molecular weight is 260 g/mol. The minimum atomic E-state index is -0.0265. The Bertz CT molecular complexity index is 500. The zero-order valence-electron chi connectivity index (χ0n) is 11.6. The van der Waals surface area contributed by atoms with E-state index in [0.29, 0.717) is 18.8 Å². The van der Waals surface area contributed by atoms with Crippen LogP contribution in [0.5, 0.6) is 0 Å². The maximum Gasteiger partial charge on any atom is 0.272 e. The van der Waals surface area contributed by atoms with Crippen LogP contribution in [-0.2, 0) is 13.0 Å². The number of nitrogens with zero attached hydrogens (tertiary/aromatic N) is 4. The van der Waals surface area contributed by atoms with Gasteiger partial charge in [-0.1, -0.05) is 6.92 Å². The molecule has 1 aliphatic heterocycles. The van der Waals surface area contributed by atoms with Crippen molar-refractivity contribution in [1.82, 2.24) is 14.7 Å². The molecule has 0 aromatic carbocycles. The van der Waals surface area contributed by atoms with Crippen LogP contribution in [-0.4, -0.2) is 33.7 Å². The van der Waals surface area contributed by atoms with Crippen molar-refractivity contribution in [1.29, 1.82) is 5.26 Å². The largest absolute Gasteiger partial charge is 0.336 e. The van der Waals surface area contributed by atoms with Crippen LogP contribution in [0.3, 0.4) is 0 Å². The summed E-state index contributed by atoms with van der Waals surface area (Å²) in [5, 5.41) is 13.4. The van der Waals surface area contributed by atoms with Gasteiger partial charge in [0.05, 0.1) is 17.7 Å². The fourth-order valence-corrected chi connectivity index (χ4v) is 2.49. The van der Waals surface area contributed by atoms with Gasteiger partial charge in [0.15, 0.2) is 0 Å². The molecule has 1 aromatic heterocycles. The van der Waals surface area contributed by atoms with Gasteiger partial charge >= 0.3 is 0 Å². The molecule has 2 heterocycles. The molecule has 0 bridgehead atoms. The Balaban J connectivity index is 2.19. The number of likely N-dealkylation sites (tertiary alicyclic amines) is 1. The highest BCUT2D eigenvalue weighted by Crippen LogP contribution is 2.18. The summed E-state index contributed by atoms with van der Waals surface area (Å²) >= 11 is 0. The Morgan fingerprint density at radius 3 is 3.00 bits per heavy atom. The third kappa shape index (κ3) is 2.78. The normalized spacial score (nSPS) is 19.2. The van der Waals surface area contributed by atoms with Crippen LogP contribution < -0.4 is 0 Å². The molecule has 1 aromatic rings. The molecule has 1 atom stereocenters. The summed E-state index contributed by atoms with van der Waals surface area (Å²) < 4.78 is 1.76. The van der Waals surface area contributed by atoms with Gasteiger partial charge < -0.3 is 4.90 Å². The van der Waals surface area contributed by atoms with Crippen molar-refractivity contribution in [3.8, 4) is 6.07 Å². The Hall–Kier alpha value is -1.83. The Labute approximate surface area is 113 Å². The first-order valence-corrected chi connectivity index (χ1v) is 6.95. The number of piperidine rings is 1. The van der Waals surface area contributed by atoms with E-state index in [2.05, 4.69) is 11.2 Å². The van der Waals surface area contributed by atoms with Crippen LogP contribution in [0.25, 0.3) is 0 Å². The molecule has 1 saturated heterocycles. The van der Waals surface area contributed by atoms with Crippen molar-refractivity contribution >= 4 is 5.91 Å². The third-order valence-electron chi connectivity index (χ3n) is 3.60. The van der Waals surface area contributed by atoms with Crippen molar-refractivity contribution in [3.63, 3.8) is 0 Å². The van der Waals surface area contributed by atoms with Crippen molar-refractivity contribution in [2.75, 3.05) is 13.1 Å². The lowest BCUT2D eigenvalue weighted by atomic mass is 9.99. The molecule has 0 N–H and O–H groups in total. The molecular formula is C14H20N4O. The molecule has 0 spiro atoms. The quantitative estimate of drug-likeness (QED) is 0.833. The van der Waals surface area contributed by atoms with Gasteiger partial charge in [-0.2, -0.15) is 10.4 Å². The average Bonchev–Trinajstić information content (AvgIpc) is 2.89. The molecule has 1 fully saturated rings. The number of hydrogen-bond donors (Lipinski definition) is 0. The summed E-state index contributed by atoms with van der Waals surface area (Å²) in [5.74, 6) is -0.0182. The highest BCUT2D eigenvalue weighted by molar-refractivity contribution is 5.92. The molecule has 0 saturated carbocycles. The van der Waals surface area contributed by atoms with E-state index in [-0.39, 0.29) is 11.8 Å². The van der Waals surface area contributed by atoms with Gasteiger partial charge in [0, 0.05) is 19.6 Å². The smallest absolute Gasteiger partial charge is 0.272 e. The minimum absolute atomic E-state index is 0.00833. The minimum Gasteiger partial charge on any atom is -0.336 e. The predicted octanol–water partition coefficient (Wildman–Crippen LogP) is 1.84. The second-order valence-corrected chi connectivity index (χ2v) is 4.91. The second kappa shape index (κ2) is 5.87. The van der Waals surface area contributed by atoms with E-state index >= 15 is 0 Å². The highest BCUT2D eigenvalue weighted by Gasteiger charge is 2.26. The number of aryl methyl sites for hydroxylation is 2. The van der Waals surface area contributed by atoms with Gasteiger partial charge in [-0.3, -0.25) is 9.48 Å². The molecule has 1 aliphatic rings. The van der Waals surface area contributed by atoms with Crippen LogP contribution in [0.2, 0.25) is 0 Å². The van der Waals surface area contributed by atoms with Gasteiger partial charge in [0.25, 0.3) is 5.91 Å². The second-order valence-electron chi connectivity index (χ2n) is 4.91. The van der Waals surface area contributed by atoms with Gasteiger partial charge in [0.2, 0.25) is 0 Å². The Kier molecular flexibility index (Phi) is 4.20. The first-order chi connectivity index (χ1) is 9.19. The van der Waals surface area contributed by atoms with Crippen LogP contribution in [0.4, 0.5) is 0 Å². The van der Waals surface area contributed by atoms with Crippen LogP contribution in [0, 0.1) is 17.2 Å². The topological polar surface area (TPSA) is 61.9 Å². The molecule has 2 rings (SSSR count). The lowest BCUT2D eigenvalue weighted by Gasteiger charge is -2.29. The molecule has 5 nitrogen and oxygen atoms in total. The molecule has 19 heavy (non-hydrogen) atoms. The maximum atomic E-state index is 12.5. The zero-order valence-corrected chi connectivity index (χ0v) is 11.6. The van der Waals surface area contributed by atoms with E-state index < -0.39 is 0 Å². The van der Waals surface area contributed by atoms with Crippen LogP contribution in [0.1, 0.15) is 42.9 Å². The summed E-state index contributed by atoms with van der Waals surface area (Å²) in [7, 11) is 0. The van der Waals surface area contributed by atoms with E-state index in [1.165, 1.54) is 0 Å². The number of amides is 1. The van der Waals surface area contributed by atoms with Crippen molar-refractivity contribution in [2.45, 2.75) is 39.7 Å². The lowest BCUT2D eigenvalue weighted by Crippen LogP contribution is -2.40. The molecule has 1 amide bonds. The lowest BCUT2D eigenvalue weighted by molar-refractivity contribution is 0.0686. The van der Waals surface area contributed by atoms with Gasteiger partial charge in [-0.25, -0.2) is 0 Å². The number of nitriles is 1. The van der Waals surface area contributed by atoms with E-state index in [1.807, 2.05) is 19.9 Å². The maximum absolute atomic E-state index is 12.5. The van der Waals surface area contributed by atoms with E-state index in [4.69, 9.17) is 5.26 Å². The first kappa shape index (κ1) is 13.6. The van der Waals surface area contributed by atoms with Gasteiger partial charge in [-0.05, 0) is 32.3 Å². The molecular weight excluding hydrogens is 240 g/mol. The molecule has 0 radical (unpaired) electrons. The summed E-state index contributed by atoms with van der Waals surface area (Å²) in [6.07, 6.45) is 2.63. The Morgan fingerprint density at radius 2 is 2.37 bits per heavy atom. The molecule has 102 valence electrons. The highest BCUT2D eigenvalue weighted by atomic mass is 16.2. The fraction of sp³-hybridized carbons (Fsp3) is 0.643. The standard InChI is InChI=1S/C14H20N4O/c1-3-12-8-13(18(4-2)16-12)14(19)17-7-5-6-11(9-15)10-17/h8,11H,3-7,10H2,1-2H3. The van der Waals surface area contributed by atoms with Crippen molar-refractivity contribution < 1.29 is 4.79 Å². The molecule has 1 unspecified atom stereocenters. The number of hydrogen-bond acceptors (Lipinski definition) is 3. The summed E-state index contributed by atoms with van der Waals surface area (Å²) in [6.45, 7) is 6.00. The summed E-state index contributed by atoms with van der Waals surface area (Å²) in [5.41, 5.74) is 1.59. The SMILES string of the molecule is CCc1cc(C(=O)N2CCCC(C#N)C2)n(CC)n1. The molecule has 0 aliphatic carbocycles. The van der Waals surface area contributed by atoms with Crippen LogP contribution in [0.15, 0.2) is 6.07 Å². The van der Waals surface area contributed by atoms with Crippen LogP contribution >= 0.6 is 0 Å². The van der Waals surface area contributed by atoms with Crippen molar-refractivity contribution in [3.05, 3.63) is 17.5 Å². The van der Waals surface area contributed by atoms with Gasteiger partial charge in [-0.15, -0.1) is 0 Å². The predicted molar refractivity (Wildman–Crippen MR) is 71.5 cm³/mol. The van der Waals surface area contributed by atoms with E-state index in [9.17, 15) is 4.79 Å². The number of aromatic nitrogens is 2. The first-order valence-electron chi connectivity index (χ1n) is 6.95. The Morgan fingerprint density at radius 1 is 1.58 bits per heavy atom. The van der Waals surface area contributed by atoms with E-state index in [1.54, 1.807) is 9.58 Å². The molecule has 5 heteroatoms. The third-order valence-corrected chi connectivity index (χ3v) is 3.60. The number of carbonyl (C=O) groups excluding carboxylic acids is 1. The fourth-order valence-electron chi connectivity index (χ4n) is 2.49. The zero-order chi connectivity index (χ0) is 13.8. The summed E-state index contributed by atoms with van der Waals surface area (Å²) in [4.78, 5) is 14.3. The monoisotopic (exact) mass is 260 g/mol.